The van der Waals surface area contributed by atoms with Crippen molar-refractivity contribution in [2.45, 2.75) is 19.9 Å². The van der Waals surface area contributed by atoms with E-state index in [0.29, 0.717) is 0 Å². The van der Waals surface area contributed by atoms with E-state index in [4.69, 9.17) is 0 Å². The smallest absolute Gasteiger partial charge is 0.263 e. The zero-order valence-electron chi connectivity index (χ0n) is 11.0. The quantitative estimate of drug-likeness (QED) is 0.927. The van der Waals surface area contributed by atoms with Crippen molar-refractivity contribution >= 4 is 17.2 Å². The third-order valence-corrected chi connectivity index (χ3v) is 3.59. The summed E-state index contributed by atoms with van der Waals surface area (Å²) < 4.78 is 1.38. The first-order valence-electron chi connectivity index (χ1n) is 5.87. The minimum absolute atomic E-state index is 0.142. The van der Waals surface area contributed by atoms with Gasteiger partial charge < -0.3 is 9.88 Å². The average molecular weight is 277 g/mol. The van der Waals surface area contributed by atoms with Crippen molar-refractivity contribution in [1.82, 2.24) is 14.9 Å². The molecule has 0 aliphatic carbocycles. The fourth-order valence-electron chi connectivity index (χ4n) is 1.70. The van der Waals surface area contributed by atoms with E-state index in [1.165, 1.54) is 22.0 Å². The van der Waals surface area contributed by atoms with Crippen molar-refractivity contribution in [3.05, 3.63) is 50.3 Å². The molecular weight excluding hydrogens is 262 g/mol. The van der Waals surface area contributed by atoms with Crippen molar-refractivity contribution in [1.29, 1.82) is 0 Å². The molecule has 6 heteroatoms. The second-order valence-electron chi connectivity index (χ2n) is 4.32. The summed E-state index contributed by atoms with van der Waals surface area (Å²) in [5.41, 5.74) is 0.647. The van der Waals surface area contributed by atoms with Crippen LogP contribution in [0.5, 0.6) is 0 Å². The predicted molar refractivity (Wildman–Crippen MR) is 74.4 cm³/mol. The minimum atomic E-state index is -0.376. The Balaban J connectivity index is 2.17. The topological polar surface area (TPSA) is 64.0 Å². The number of aromatic nitrogens is 2. The highest BCUT2D eigenvalue weighted by molar-refractivity contribution is 7.09. The largest absolute Gasteiger partial charge is 0.344 e. The molecule has 1 N–H and O–H groups in total. The van der Waals surface area contributed by atoms with Crippen LogP contribution >= 0.6 is 11.3 Å². The molecule has 0 fully saturated rings. The second-order valence-corrected chi connectivity index (χ2v) is 5.39. The number of rotatable bonds is 3. The summed E-state index contributed by atoms with van der Waals surface area (Å²) in [6.07, 6.45) is 1.62. The lowest BCUT2D eigenvalue weighted by Gasteiger charge is -2.11. The van der Waals surface area contributed by atoms with Gasteiger partial charge in [-0.25, -0.2) is 4.98 Å². The molecule has 100 valence electrons. The SMILES string of the molecule is Cc1nc([C@@H](C)NC(=O)c2cccn(C)c2=O)cs1. The molecule has 0 unspecified atom stereocenters. The first kappa shape index (κ1) is 13.5. The van der Waals surface area contributed by atoms with Gasteiger partial charge in [-0.2, -0.15) is 0 Å². The number of thiazole rings is 1. The monoisotopic (exact) mass is 277 g/mol. The van der Waals surface area contributed by atoms with Gasteiger partial charge in [-0.15, -0.1) is 11.3 Å². The summed E-state index contributed by atoms with van der Waals surface area (Å²) in [6.45, 7) is 3.76. The number of nitrogens with zero attached hydrogens (tertiary/aromatic N) is 2. The number of pyridine rings is 1. The number of nitrogens with one attached hydrogen (secondary N) is 1. The molecule has 1 atom stereocenters. The zero-order chi connectivity index (χ0) is 14.0. The van der Waals surface area contributed by atoms with Crippen LogP contribution in [0.25, 0.3) is 0 Å². The molecule has 1 amide bonds. The molecule has 2 aromatic heterocycles. The zero-order valence-corrected chi connectivity index (χ0v) is 11.8. The highest BCUT2D eigenvalue weighted by Crippen LogP contribution is 2.15. The van der Waals surface area contributed by atoms with Crippen LogP contribution in [0.15, 0.2) is 28.5 Å². The highest BCUT2D eigenvalue weighted by Gasteiger charge is 2.16. The Morgan fingerprint density at radius 3 is 2.89 bits per heavy atom. The lowest BCUT2D eigenvalue weighted by atomic mass is 10.2. The van der Waals surface area contributed by atoms with E-state index in [1.807, 2.05) is 19.2 Å². The van der Waals surface area contributed by atoms with Gasteiger partial charge in [0.2, 0.25) is 0 Å². The van der Waals surface area contributed by atoms with Crippen LogP contribution in [-0.4, -0.2) is 15.5 Å². The summed E-state index contributed by atoms with van der Waals surface area (Å²) in [5, 5.41) is 5.64. The summed E-state index contributed by atoms with van der Waals surface area (Å²) in [6, 6.07) is 2.98. The Morgan fingerprint density at radius 1 is 1.53 bits per heavy atom. The third-order valence-electron chi connectivity index (χ3n) is 2.80. The van der Waals surface area contributed by atoms with Crippen molar-refractivity contribution < 1.29 is 4.79 Å². The summed E-state index contributed by atoms with van der Waals surface area (Å²) in [4.78, 5) is 28.2. The molecule has 5 nitrogen and oxygen atoms in total. The van der Waals surface area contributed by atoms with Gasteiger partial charge in [-0.1, -0.05) is 0 Å². The highest BCUT2D eigenvalue weighted by atomic mass is 32.1. The molecule has 0 aliphatic heterocycles. The summed E-state index contributed by atoms with van der Waals surface area (Å²) in [5.74, 6) is -0.376. The van der Waals surface area contributed by atoms with E-state index < -0.39 is 0 Å². The predicted octanol–water partition coefficient (Wildman–Crippen LogP) is 1.64. The number of hydrogen-bond acceptors (Lipinski definition) is 4. The lowest BCUT2D eigenvalue weighted by Crippen LogP contribution is -2.33. The standard InChI is InChI=1S/C13H15N3O2S/c1-8(11-7-19-9(2)15-11)14-12(17)10-5-4-6-16(3)13(10)18/h4-8H,1-3H3,(H,14,17)/t8-/m1/s1. The molecule has 0 radical (unpaired) electrons. The first-order chi connectivity index (χ1) is 8.99. The van der Waals surface area contributed by atoms with E-state index in [1.54, 1.807) is 19.3 Å². The normalized spacial score (nSPS) is 12.2. The van der Waals surface area contributed by atoms with Gasteiger partial charge in [0.15, 0.2) is 0 Å². The molecule has 0 saturated heterocycles. The van der Waals surface area contributed by atoms with Crippen LogP contribution in [0.1, 0.15) is 34.0 Å². The molecule has 0 aromatic carbocycles. The van der Waals surface area contributed by atoms with Crippen LogP contribution in [0, 0.1) is 6.92 Å². The fourth-order valence-corrected chi connectivity index (χ4v) is 2.40. The van der Waals surface area contributed by atoms with Crippen LogP contribution in [0.4, 0.5) is 0 Å². The average Bonchev–Trinajstić information content (AvgIpc) is 2.79. The molecule has 2 rings (SSSR count). The van der Waals surface area contributed by atoms with Gasteiger partial charge in [0.25, 0.3) is 11.5 Å². The lowest BCUT2D eigenvalue weighted by molar-refractivity contribution is 0.0937. The molecule has 2 heterocycles. The number of hydrogen-bond donors (Lipinski definition) is 1. The van der Waals surface area contributed by atoms with Gasteiger partial charge in [-0.05, 0) is 26.0 Å². The van der Waals surface area contributed by atoms with Crippen LogP contribution in [0.3, 0.4) is 0 Å². The third kappa shape index (κ3) is 2.90. The minimum Gasteiger partial charge on any atom is -0.344 e. The molecule has 0 bridgehead atoms. The number of amides is 1. The maximum atomic E-state index is 12.1. The van der Waals surface area contributed by atoms with E-state index in [0.717, 1.165) is 10.7 Å². The summed E-state index contributed by atoms with van der Waals surface area (Å²) >= 11 is 1.53. The van der Waals surface area contributed by atoms with Crippen molar-refractivity contribution in [3.63, 3.8) is 0 Å². The van der Waals surface area contributed by atoms with Crippen molar-refractivity contribution in [3.8, 4) is 0 Å². The van der Waals surface area contributed by atoms with Crippen LogP contribution < -0.4 is 10.9 Å². The van der Waals surface area contributed by atoms with Crippen molar-refractivity contribution in [2.24, 2.45) is 7.05 Å². The van der Waals surface area contributed by atoms with Gasteiger partial charge in [0.1, 0.15) is 5.56 Å². The Labute approximate surface area is 114 Å². The van der Waals surface area contributed by atoms with E-state index in [9.17, 15) is 9.59 Å². The molecular formula is C13H15N3O2S. The van der Waals surface area contributed by atoms with Crippen LogP contribution in [-0.2, 0) is 7.05 Å². The fraction of sp³-hybridized carbons (Fsp3) is 0.308. The molecule has 2 aromatic rings. The molecule has 0 spiro atoms. The number of carbonyl (C=O) groups excluding carboxylic acids is 1. The van der Waals surface area contributed by atoms with E-state index >= 15 is 0 Å². The van der Waals surface area contributed by atoms with Gasteiger partial charge in [0, 0.05) is 18.6 Å². The molecule has 0 aliphatic rings. The second kappa shape index (κ2) is 5.36. The Bertz CT molecular complexity index is 660. The summed E-state index contributed by atoms with van der Waals surface area (Å²) in [7, 11) is 1.62. The molecule has 0 saturated carbocycles. The maximum absolute atomic E-state index is 12.1. The Hall–Kier alpha value is -1.95. The van der Waals surface area contributed by atoms with Gasteiger partial charge in [0.05, 0.1) is 16.7 Å². The number of aryl methyl sites for hydroxylation is 2. The maximum Gasteiger partial charge on any atom is 0.263 e. The Morgan fingerprint density at radius 2 is 2.26 bits per heavy atom. The van der Waals surface area contributed by atoms with E-state index in [2.05, 4.69) is 10.3 Å². The van der Waals surface area contributed by atoms with Crippen LogP contribution in [0.2, 0.25) is 0 Å². The Kier molecular flexibility index (Phi) is 3.80. The van der Waals surface area contributed by atoms with Crippen molar-refractivity contribution in [2.75, 3.05) is 0 Å². The van der Waals surface area contributed by atoms with Gasteiger partial charge >= 0.3 is 0 Å². The van der Waals surface area contributed by atoms with Gasteiger partial charge in [-0.3, -0.25) is 9.59 Å². The number of carbonyl (C=O) groups is 1. The van der Waals surface area contributed by atoms with E-state index in [-0.39, 0.29) is 23.1 Å². The molecule has 19 heavy (non-hydrogen) atoms. The first-order valence-corrected chi connectivity index (χ1v) is 6.75.